The predicted molar refractivity (Wildman–Crippen MR) is 86.9 cm³/mol. The third kappa shape index (κ3) is 3.84. The highest BCUT2D eigenvalue weighted by Crippen LogP contribution is 2.31. The molecule has 24 heavy (non-hydrogen) atoms. The smallest absolute Gasteiger partial charge is 0.421 e. The molecule has 0 amide bonds. The minimum Gasteiger partial charge on any atom is -0.421 e. The second-order valence-electron chi connectivity index (χ2n) is 5.80. The molecule has 0 saturated heterocycles. The van der Waals surface area contributed by atoms with Crippen LogP contribution in [0.15, 0.2) is 37.2 Å². The Kier molecular flexibility index (Phi) is 5.43. The first-order chi connectivity index (χ1) is 11.4. The molecule has 2 unspecified atom stereocenters. The van der Waals surface area contributed by atoms with E-state index in [9.17, 15) is 4.79 Å². The number of ether oxygens (including phenoxy) is 2. The van der Waals surface area contributed by atoms with Crippen LogP contribution in [0.4, 0.5) is 4.79 Å². The molecule has 0 aliphatic heterocycles. The SMILES string of the molecule is CCC(C)(OC(=O)OC(C)(CC)c1cnccn1)c1cnccn1. The standard InChI is InChI=1S/C17H22N4O3/c1-5-16(3,13-11-18-7-9-20-13)23-15(22)24-17(4,6-2)14-12-19-8-10-21-14/h7-12H,5-6H2,1-4H3. The van der Waals surface area contributed by atoms with Crippen molar-refractivity contribution in [1.82, 2.24) is 19.9 Å². The Morgan fingerprint density at radius 2 is 1.29 bits per heavy atom. The Morgan fingerprint density at radius 3 is 1.58 bits per heavy atom. The van der Waals surface area contributed by atoms with Crippen LogP contribution >= 0.6 is 0 Å². The topological polar surface area (TPSA) is 87.1 Å². The molecule has 128 valence electrons. The number of rotatable bonds is 6. The summed E-state index contributed by atoms with van der Waals surface area (Å²) in [7, 11) is 0. The Hall–Kier alpha value is -2.57. The summed E-state index contributed by atoms with van der Waals surface area (Å²) < 4.78 is 11.2. The van der Waals surface area contributed by atoms with Gasteiger partial charge in [-0.25, -0.2) is 4.79 Å². The third-order valence-electron chi connectivity index (χ3n) is 4.18. The number of hydrogen-bond acceptors (Lipinski definition) is 7. The van der Waals surface area contributed by atoms with Gasteiger partial charge in [0, 0.05) is 24.8 Å². The van der Waals surface area contributed by atoms with Crippen molar-refractivity contribution in [3.05, 3.63) is 48.6 Å². The highest BCUT2D eigenvalue weighted by molar-refractivity contribution is 5.61. The predicted octanol–water partition coefficient (Wildman–Crippen LogP) is 3.37. The van der Waals surface area contributed by atoms with Gasteiger partial charge in [0.15, 0.2) is 11.2 Å². The molecule has 0 fully saturated rings. The number of carbonyl (C=O) groups excluding carboxylic acids is 1. The fourth-order valence-electron chi connectivity index (χ4n) is 2.14. The number of aromatic nitrogens is 4. The van der Waals surface area contributed by atoms with Crippen LogP contribution in [-0.2, 0) is 20.7 Å². The van der Waals surface area contributed by atoms with E-state index in [0.717, 1.165) is 0 Å². The largest absolute Gasteiger partial charge is 0.510 e. The van der Waals surface area contributed by atoms with E-state index in [-0.39, 0.29) is 0 Å². The monoisotopic (exact) mass is 330 g/mol. The molecular formula is C17H22N4O3. The molecule has 0 bridgehead atoms. The van der Waals surface area contributed by atoms with Gasteiger partial charge in [-0.1, -0.05) is 13.8 Å². The van der Waals surface area contributed by atoms with Crippen LogP contribution in [0.5, 0.6) is 0 Å². The molecular weight excluding hydrogens is 308 g/mol. The highest BCUT2D eigenvalue weighted by atomic mass is 16.7. The summed E-state index contributed by atoms with van der Waals surface area (Å²) >= 11 is 0. The summed E-state index contributed by atoms with van der Waals surface area (Å²) in [5.41, 5.74) is -0.686. The molecule has 0 aliphatic carbocycles. The maximum absolute atomic E-state index is 12.4. The van der Waals surface area contributed by atoms with E-state index in [1.165, 1.54) is 0 Å². The number of carbonyl (C=O) groups is 1. The first-order valence-corrected chi connectivity index (χ1v) is 7.88. The van der Waals surface area contributed by atoms with Gasteiger partial charge in [-0.3, -0.25) is 19.9 Å². The molecule has 7 heteroatoms. The zero-order valence-electron chi connectivity index (χ0n) is 14.4. The summed E-state index contributed by atoms with van der Waals surface area (Å²) in [6.45, 7) is 7.38. The van der Waals surface area contributed by atoms with E-state index in [2.05, 4.69) is 19.9 Å². The van der Waals surface area contributed by atoms with Crippen molar-refractivity contribution in [2.75, 3.05) is 0 Å². The van der Waals surface area contributed by atoms with Gasteiger partial charge in [-0.15, -0.1) is 0 Å². The fourth-order valence-corrected chi connectivity index (χ4v) is 2.14. The lowest BCUT2D eigenvalue weighted by atomic mass is 9.99. The maximum Gasteiger partial charge on any atom is 0.510 e. The summed E-state index contributed by atoms with van der Waals surface area (Å²) in [5.74, 6) is 0. The first-order valence-electron chi connectivity index (χ1n) is 7.88. The van der Waals surface area contributed by atoms with Crippen molar-refractivity contribution in [1.29, 1.82) is 0 Å². The second kappa shape index (κ2) is 7.33. The Labute approximate surface area is 141 Å². The van der Waals surface area contributed by atoms with Crippen LogP contribution in [0.25, 0.3) is 0 Å². The lowest BCUT2D eigenvalue weighted by molar-refractivity contribution is -0.0808. The fraction of sp³-hybridized carbons (Fsp3) is 0.471. The highest BCUT2D eigenvalue weighted by Gasteiger charge is 2.37. The molecule has 0 aliphatic rings. The summed E-state index contributed by atoms with van der Waals surface area (Å²) in [6.07, 6.45) is 9.72. The van der Waals surface area contributed by atoms with Crippen LogP contribution in [0.3, 0.4) is 0 Å². The van der Waals surface area contributed by atoms with Gasteiger partial charge < -0.3 is 9.47 Å². The lowest BCUT2D eigenvalue weighted by Crippen LogP contribution is -2.35. The van der Waals surface area contributed by atoms with E-state index in [4.69, 9.17) is 9.47 Å². The van der Waals surface area contributed by atoms with E-state index in [1.807, 2.05) is 13.8 Å². The zero-order chi connectivity index (χ0) is 17.6. The third-order valence-corrected chi connectivity index (χ3v) is 4.18. The van der Waals surface area contributed by atoms with Gasteiger partial charge in [0.05, 0.1) is 12.4 Å². The Morgan fingerprint density at radius 1 is 0.875 bits per heavy atom. The Balaban J connectivity index is 2.16. The number of hydrogen-bond donors (Lipinski definition) is 0. The molecule has 0 radical (unpaired) electrons. The van der Waals surface area contributed by atoms with Crippen LogP contribution in [0, 0.1) is 0 Å². The van der Waals surface area contributed by atoms with Gasteiger partial charge in [-0.2, -0.15) is 0 Å². The summed E-state index contributed by atoms with van der Waals surface area (Å²) in [4.78, 5) is 28.9. The molecule has 0 N–H and O–H groups in total. The molecule has 2 rings (SSSR count). The van der Waals surface area contributed by atoms with Crippen molar-refractivity contribution in [3.63, 3.8) is 0 Å². The van der Waals surface area contributed by atoms with Crippen molar-refractivity contribution in [3.8, 4) is 0 Å². The van der Waals surface area contributed by atoms with E-state index < -0.39 is 17.4 Å². The van der Waals surface area contributed by atoms with E-state index in [0.29, 0.717) is 24.2 Å². The molecule has 0 saturated carbocycles. The van der Waals surface area contributed by atoms with Crippen LogP contribution in [-0.4, -0.2) is 26.1 Å². The van der Waals surface area contributed by atoms with Crippen molar-refractivity contribution < 1.29 is 14.3 Å². The average Bonchev–Trinajstić information content (AvgIpc) is 2.62. The second-order valence-corrected chi connectivity index (χ2v) is 5.80. The normalized spacial score (nSPS) is 15.8. The van der Waals surface area contributed by atoms with Crippen LogP contribution in [0.1, 0.15) is 51.9 Å². The molecule has 7 nitrogen and oxygen atoms in total. The van der Waals surface area contributed by atoms with Crippen molar-refractivity contribution in [2.45, 2.75) is 51.7 Å². The van der Waals surface area contributed by atoms with Gasteiger partial charge in [0.25, 0.3) is 0 Å². The molecule has 2 heterocycles. The van der Waals surface area contributed by atoms with E-state index >= 15 is 0 Å². The number of nitrogens with zero attached hydrogens (tertiary/aromatic N) is 4. The van der Waals surface area contributed by atoms with Crippen LogP contribution in [0.2, 0.25) is 0 Å². The van der Waals surface area contributed by atoms with Crippen molar-refractivity contribution in [2.24, 2.45) is 0 Å². The quantitative estimate of drug-likeness (QED) is 0.750. The van der Waals surface area contributed by atoms with Gasteiger partial charge >= 0.3 is 6.16 Å². The Bertz CT molecular complexity index is 611. The molecule has 2 aromatic rings. The zero-order valence-corrected chi connectivity index (χ0v) is 14.4. The minimum atomic E-state index is -0.914. The van der Waals surface area contributed by atoms with E-state index in [1.54, 1.807) is 51.0 Å². The van der Waals surface area contributed by atoms with Crippen LogP contribution < -0.4 is 0 Å². The maximum atomic E-state index is 12.4. The molecule has 2 aromatic heterocycles. The minimum absolute atomic E-state index is 0.536. The lowest BCUT2D eigenvalue weighted by Gasteiger charge is -2.31. The molecule has 0 spiro atoms. The van der Waals surface area contributed by atoms with Crippen molar-refractivity contribution >= 4 is 6.16 Å². The van der Waals surface area contributed by atoms with Gasteiger partial charge in [-0.05, 0) is 26.7 Å². The summed E-state index contributed by atoms with van der Waals surface area (Å²) in [5, 5.41) is 0. The van der Waals surface area contributed by atoms with Gasteiger partial charge in [0.1, 0.15) is 11.4 Å². The molecule has 0 aromatic carbocycles. The van der Waals surface area contributed by atoms with Gasteiger partial charge in [0.2, 0.25) is 0 Å². The summed E-state index contributed by atoms with van der Waals surface area (Å²) in [6, 6.07) is 0. The molecule has 2 atom stereocenters. The first kappa shape index (κ1) is 17.8. The average molecular weight is 330 g/mol.